The zero-order chi connectivity index (χ0) is 24.9. The van der Waals surface area contributed by atoms with Crippen LogP contribution in [0, 0.1) is 5.92 Å². The van der Waals surface area contributed by atoms with Crippen LogP contribution in [0.1, 0.15) is 49.5 Å². The molecule has 0 unspecified atom stereocenters. The Morgan fingerprint density at radius 1 is 1.00 bits per heavy atom. The van der Waals surface area contributed by atoms with Crippen molar-refractivity contribution >= 4 is 17.6 Å². The number of benzene rings is 1. The fourth-order valence-electron chi connectivity index (χ4n) is 5.11. The van der Waals surface area contributed by atoms with Crippen LogP contribution < -0.4 is 15.0 Å². The summed E-state index contributed by atoms with van der Waals surface area (Å²) in [4.78, 5) is 24.7. The van der Waals surface area contributed by atoms with Gasteiger partial charge in [0.05, 0.1) is 39.1 Å². The van der Waals surface area contributed by atoms with E-state index in [-0.39, 0.29) is 17.8 Å². The molecule has 9 nitrogen and oxygen atoms in total. The number of hydrogen-bond donors (Lipinski definition) is 1. The van der Waals surface area contributed by atoms with E-state index in [1.54, 1.807) is 0 Å². The van der Waals surface area contributed by atoms with E-state index in [9.17, 15) is 4.79 Å². The molecule has 1 N–H and O–H groups in total. The van der Waals surface area contributed by atoms with E-state index in [0.29, 0.717) is 30.6 Å². The SMILES string of the molecule is COC(=O)c1nc(NC2CCC(C)CC2)nc(O[C@H]2CCOC2)c1-c1ccc(N2CCOCC2)cc1. The van der Waals surface area contributed by atoms with Gasteiger partial charge in [0, 0.05) is 31.2 Å². The minimum atomic E-state index is -0.516. The van der Waals surface area contributed by atoms with Gasteiger partial charge in [0.15, 0.2) is 5.69 Å². The normalized spacial score (nSPS) is 24.4. The molecule has 0 amide bonds. The van der Waals surface area contributed by atoms with Crippen LogP contribution in [0.2, 0.25) is 0 Å². The smallest absolute Gasteiger partial charge is 0.357 e. The van der Waals surface area contributed by atoms with Crippen LogP contribution in [0.15, 0.2) is 24.3 Å². The van der Waals surface area contributed by atoms with Gasteiger partial charge in [0.1, 0.15) is 6.10 Å². The molecule has 194 valence electrons. The first-order chi connectivity index (χ1) is 17.6. The van der Waals surface area contributed by atoms with Gasteiger partial charge in [-0.3, -0.25) is 0 Å². The molecule has 9 heteroatoms. The molecule has 0 spiro atoms. The average Bonchev–Trinajstić information content (AvgIpc) is 3.43. The number of hydrogen-bond acceptors (Lipinski definition) is 9. The number of anilines is 2. The monoisotopic (exact) mass is 496 g/mol. The topological polar surface area (TPSA) is 95.0 Å². The predicted molar refractivity (Wildman–Crippen MR) is 137 cm³/mol. The van der Waals surface area contributed by atoms with Crippen LogP contribution in [0.4, 0.5) is 11.6 Å². The first kappa shape index (κ1) is 24.8. The number of morpholine rings is 1. The molecule has 36 heavy (non-hydrogen) atoms. The standard InChI is InChI=1S/C27H36N4O5/c1-18-3-7-20(8-4-18)28-27-29-24(26(32)33-2)23(25(30-27)36-22-11-14-35-17-22)19-5-9-21(10-6-19)31-12-15-34-16-13-31/h5-6,9-10,18,20,22H,3-4,7-8,11-17H2,1-2H3,(H,28,29,30)/t18?,20?,22-/m0/s1. The van der Waals surface area contributed by atoms with E-state index in [1.165, 1.54) is 7.11 Å². The minimum absolute atomic E-state index is 0.125. The second-order valence-corrected chi connectivity index (χ2v) is 9.92. The summed E-state index contributed by atoms with van der Waals surface area (Å²) in [6, 6.07) is 8.36. The maximum Gasteiger partial charge on any atom is 0.357 e. The van der Waals surface area contributed by atoms with E-state index >= 15 is 0 Å². The van der Waals surface area contributed by atoms with Crippen LogP contribution in [0.3, 0.4) is 0 Å². The van der Waals surface area contributed by atoms with Gasteiger partial charge < -0.3 is 29.2 Å². The summed E-state index contributed by atoms with van der Waals surface area (Å²) in [5.41, 5.74) is 2.66. The maximum absolute atomic E-state index is 13.0. The van der Waals surface area contributed by atoms with E-state index in [2.05, 4.69) is 34.3 Å². The molecule has 3 aliphatic rings. The Kier molecular flexibility index (Phi) is 7.87. The van der Waals surface area contributed by atoms with Crippen LogP contribution in [-0.2, 0) is 14.2 Å². The van der Waals surface area contributed by atoms with Crippen molar-refractivity contribution < 1.29 is 23.7 Å². The first-order valence-electron chi connectivity index (χ1n) is 13.0. The number of aromatic nitrogens is 2. The summed E-state index contributed by atoms with van der Waals surface area (Å²) in [7, 11) is 1.37. The minimum Gasteiger partial charge on any atom is -0.471 e. The van der Waals surface area contributed by atoms with Crippen molar-refractivity contribution in [2.45, 2.75) is 51.2 Å². The summed E-state index contributed by atoms with van der Waals surface area (Å²) < 4.78 is 22.5. The molecule has 1 atom stereocenters. The highest BCUT2D eigenvalue weighted by Crippen LogP contribution is 2.36. The molecule has 5 rings (SSSR count). The van der Waals surface area contributed by atoms with Gasteiger partial charge >= 0.3 is 5.97 Å². The van der Waals surface area contributed by atoms with Crippen molar-refractivity contribution in [2.75, 3.05) is 56.8 Å². The Labute approximate surface area is 212 Å². The molecule has 2 saturated heterocycles. The van der Waals surface area contributed by atoms with Crippen molar-refractivity contribution in [3.63, 3.8) is 0 Å². The van der Waals surface area contributed by atoms with E-state index in [0.717, 1.165) is 75.6 Å². The highest BCUT2D eigenvalue weighted by molar-refractivity contribution is 5.97. The summed E-state index contributed by atoms with van der Waals surface area (Å²) in [6.07, 6.45) is 5.08. The number of carbonyl (C=O) groups is 1. The lowest BCUT2D eigenvalue weighted by Gasteiger charge is -2.29. The van der Waals surface area contributed by atoms with E-state index < -0.39 is 5.97 Å². The third-order valence-electron chi connectivity index (χ3n) is 7.30. The highest BCUT2D eigenvalue weighted by Gasteiger charge is 2.28. The highest BCUT2D eigenvalue weighted by atomic mass is 16.6. The number of ether oxygens (including phenoxy) is 4. The molecule has 1 aromatic carbocycles. The molecule has 0 bridgehead atoms. The third kappa shape index (κ3) is 5.73. The number of rotatable bonds is 7. The van der Waals surface area contributed by atoms with Crippen molar-refractivity contribution in [1.82, 2.24) is 9.97 Å². The maximum atomic E-state index is 13.0. The summed E-state index contributed by atoms with van der Waals surface area (Å²) in [5, 5.41) is 3.46. The van der Waals surface area contributed by atoms with Crippen molar-refractivity contribution in [3.8, 4) is 17.0 Å². The number of methoxy groups -OCH3 is 1. The summed E-state index contributed by atoms with van der Waals surface area (Å²) >= 11 is 0. The lowest BCUT2D eigenvalue weighted by molar-refractivity contribution is 0.0593. The van der Waals surface area contributed by atoms with E-state index in [1.807, 2.05) is 12.1 Å². The number of esters is 1. The van der Waals surface area contributed by atoms with Crippen LogP contribution in [-0.4, -0.2) is 74.7 Å². The van der Waals surface area contributed by atoms with Gasteiger partial charge in [-0.2, -0.15) is 4.98 Å². The zero-order valence-corrected chi connectivity index (χ0v) is 21.2. The van der Waals surface area contributed by atoms with Gasteiger partial charge in [0.2, 0.25) is 11.8 Å². The van der Waals surface area contributed by atoms with Gasteiger partial charge in [0.25, 0.3) is 0 Å². The fourth-order valence-corrected chi connectivity index (χ4v) is 5.11. The number of nitrogens with zero attached hydrogens (tertiary/aromatic N) is 3. The van der Waals surface area contributed by atoms with Crippen molar-refractivity contribution in [1.29, 1.82) is 0 Å². The Hall–Kier alpha value is -2.91. The van der Waals surface area contributed by atoms with Gasteiger partial charge in [-0.1, -0.05) is 19.1 Å². The second-order valence-electron chi connectivity index (χ2n) is 9.92. The average molecular weight is 497 g/mol. The van der Waals surface area contributed by atoms with Crippen molar-refractivity contribution in [3.05, 3.63) is 30.0 Å². The molecule has 2 aliphatic heterocycles. The Balaban J connectivity index is 1.50. The summed E-state index contributed by atoms with van der Waals surface area (Å²) in [5.74, 6) is 1.00. The second kappa shape index (κ2) is 11.4. The summed E-state index contributed by atoms with van der Waals surface area (Å²) in [6.45, 7) is 6.58. The van der Waals surface area contributed by atoms with Gasteiger partial charge in [-0.25, -0.2) is 9.78 Å². The lowest BCUT2D eigenvalue weighted by Crippen LogP contribution is -2.36. The molecule has 3 fully saturated rings. The fraction of sp³-hybridized carbons (Fsp3) is 0.593. The Morgan fingerprint density at radius 3 is 2.42 bits per heavy atom. The molecular formula is C27H36N4O5. The molecule has 1 saturated carbocycles. The number of carbonyl (C=O) groups excluding carboxylic acids is 1. The third-order valence-corrected chi connectivity index (χ3v) is 7.30. The van der Waals surface area contributed by atoms with E-state index in [4.69, 9.17) is 23.9 Å². The number of nitrogens with one attached hydrogen (secondary N) is 1. The predicted octanol–water partition coefficient (Wildman–Crippen LogP) is 3.93. The molecule has 1 aromatic heterocycles. The molecule has 1 aliphatic carbocycles. The molecular weight excluding hydrogens is 460 g/mol. The van der Waals surface area contributed by atoms with Crippen LogP contribution in [0.5, 0.6) is 5.88 Å². The molecule has 2 aromatic rings. The largest absolute Gasteiger partial charge is 0.471 e. The molecule has 3 heterocycles. The quantitative estimate of drug-likeness (QED) is 0.572. The Bertz CT molecular complexity index is 1030. The van der Waals surface area contributed by atoms with Crippen LogP contribution >= 0.6 is 0 Å². The van der Waals surface area contributed by atoms with Crippen LogP contribution in [0.25, 0.3) is 11.1 Å². The Morgan fingerprint density at radius 2 is 1.75 bits per heavy atom. The first-order valence-corrected chi connectivity index (χ1v) is 13.0. The molecule has 0 radical (unpaired) electrons. The zero-order valence-electron chi connectivity index (χ0n) is 21.2. The van der Waals surface area contributed by atoms with Gasteiger partial charge in [-0.05, 0) is 49.3 Å². The lowest BCUT2D eigenvalue weighted by atomic mass is 9.87. The van der Waals surface area contributed by atoms with Crippen molar-refractivity contribution in [2.24, 2.45) is 5.92 Å². The van der Waals surface area contributed by atoms with Gasteiger partial charge in [-0.15, -0.1) is 0 Å².